The predicted molar refractivity (Wildman–Crippen MR) is 105 cm³/mol. The van der Waals surface area contributed by atoms with Crippen molar-refractivity contribution in [2.75, 3.05) is 46.4 Å². The van der Waals surface area contributed by atoms with Gasteiger partial charge in [-0.3, -0.25) is 9.89 Å². The average Bonchev–Trinajstić information content (AvgIpc) is 2.92. The maximum absolute atomic E-state index is 5.60. The summed E-state index contributed by atoms with van der Waals surface area (Å²) in [6.07, 6.45) is 3.73. The molecule has 22 heavy (non-hydrogen) atoms. The van der Waals surface area contributed by atoms with Crippen molar-refractivity contribution in [3.05, 3.63) is 0 Å². The van der Waals surface area contributed by atoms with Crippen LogP contribution in [0, 0.1) is 5.92 Å². The van der Waals surface area contributed by atoms with Crippen LogP contribution in [0.1, 0.15) is 40.0 Å². The molecule has 1 aliphatic heterocycles. The van der Waals surface area contributed by atoms with E-state index in [1.54, 1.807) is 0 Å². The van der Waals surface area contributed by atoms with Crippen LogP contribution < -0.4 is 10.6 Å². The van der Waals surface area contributed by atoms with E-state index in [0.29, 0.717) is 12.0 Å². The van der Waals surface area contributed by atoms with Gasteiger partial charge in [0.25, 0.3) is 0 Å². The van der Waals surface area contributed by atoms with E-state index >= 15 is 0 Å². The Kier molecular flexibility index (Phi) is 13.3. The first kappa shape index (κ1) is 21.9. The summed E-state index contributed by atoms with van der Waals surface area (Å²) in [6.45, 7) is 12.4. The summed E-state index contributed by atoms with van der Waals surface area (Å²) >= 11 is 0. The van der Waals surface area contributed by atoms with Gasteiger partial charge >= 0.3 is 0 Å². The van der Waals surface area contributed by atoms with E-state index in [1.165, 1.54) is 19.4 Å². The van der Waals surface area contributed by atoms with Gasteiger partial charge in [0.05, 0.1) is 6.61 Å². The van der Waals surface area contributed by atoms with E-state index in [2.05, 4.69) is 41.3 Å². The molecule has 0 aromatic heterocycles. The minimum Gasteiger partial charge on any atom is -0.380 e. The number of guanidine groups is 1. The fourth-order valence-electron chi connectivity index (χ4n) is 2.64. The predicted octanol–water partition coefficient (Wildman–Crippen LogP) is 2.32. The van der Waals surface area contributed by atoms with Gasteiger partial charge in [0.1, 0.15) is 0 Å². The minimum atomic E-state index is 0. The lowest BCUT2D eigenvalue weighted by atomic mass is 10.1. The number of ether oxygens (including phenoxy) is 1. The molecule has 1 aliphatic rings. The lowest BCUT2D eigenvalue weighted by Gasteiger charge is -2.23. The number of likely N-dealkylation sites (N-methyl/N-ethyl adjacent to an activating group) is 1. The fraction of sp³-hybridized carbons (Fsp3) is 0.938. The first-order valence-corrected chi connectivity index (χ1v) is 8.43. The second-order valence-electron chi connectivity index (χ2n) is 6.10. The van der Waals surface area contributed by atoms with Gasteiger partial charge in [-0.15, -0.1) is 24.0 Å². The normalized spacial score (nSPS) is 19.3. The Bertz CT molecular complexity index is 300. The molecule has 0 spiro atoms. The van der Waals surface area contributed by atoms with Gasteiger partial charge in [0, 0.05) is 32.8 Å². The number of likely N-dealkylation sites (tertiary alicyclic amines) is 1. The zero-order valence-electron chi connectivity index (χ0n) is 14.7. The summed E-state index contributed by atoms with van der Waals surface area (Å²) in [5.74, 6) is 1.59. The lowest BCUT2D eigenvalue weighted by molar-refractivity contribution is 0.128. The minimum absolute atomic E-state index is 0. The van der Waals surface area contributed by atoms with E-state index < -0.39 is 0 Å². The molecule has 1 heterocycles. The van der Waals surface area contributed by atoms with Gasteiger partial charge in [-0.25, -0.2) is 0 Å². The molecule has 5 nitrogen and oxygen atoms in total. The van der Waals surface area contributed by atoms with Gasteiger partial charge in [-0.2, -0.15) is 0 Å². The van der Waals surface area contributed by atoms with E-state index in [-0.39, 0.29) is 24.0 Å². The molecule has 0 radical (unpaired) electrons. The summed E-state index contributed by atoms with van der Waals surface area (Å²) in [5, 5.41) is 6.74. The molecule has 0 aliphatic carbocycles. The summed E-state index contributed by atoms with van der Waals surface area (Å²) in [4.78, 5) is 6.80. The molecule has 1 atom stereocenters. The molecule has 0 aromatic carbocycles. The van der Waals surface area contributed by atoms with E-state index in [0.717, 1.165) is 45.2 Å². The highest BCUT2D eigenvalue weighted by atomic mass is 127. The Hall–Kier alpha value is -0.0800. The monoisotopic (exact) mass is 426 g/mol. The molecule has 0 saturated carbocycles. The van der Waals surface area contributed by atoms with Crippen LogP contribution in [0.4, 0.5) is 0 Å². The number of nitrogens with one attached hydrogen (secondary N) is 2. The molecule has 1 saturated heterocycles. The summed E-state index contributed by atoms with van der Waals surface area (Å²) < 4.78 is 5.60. The van der Waals surface area contributed by atoms with Crippen LogP contribution in [0.15, 0.2) is 4.99 Å². The van der Waals surface area contributed by atoms with Crippen LogP contribution in [0.5, 0.6) is 0 Å². The third-order valence-corrected chi connectivity index (χ3v) is 4.01. The molecule has 0 bridgehead atoms. The Labute approximate surface area is 153 Å². The van der Waals surface area contributed by atoms with Gasteiger partial charge in [0.2, 0.25) is 0 Å². The zero-order valence-corrected chi connectivity index (χ0v) is 17.1. The van der Waals surface area contributed by atoms with Crippen molar-refractivity contribution in [3.63, 3.8) is 0 Å². The second kappa shape index (κ2) is 13.4. The fourth-order valence-corrected chi connectivity index (χ4v) is 2.64. The van der Waals surface area contributed by atoms with E-state index in [4.69, 9.17) is 4.74 Å². The van der Waals surface area contributed by atoms with Gasteiger partial charge in [-0.1, -0.05) is 20.8 Å². The van der Waals surface area contributed by atoms with Crippen molar-refractivity contribution in [1.29, 1.82) is 0 Å². The average molecular weight is 426 g/mol. The smallest absolute Gasteiger partial charge is 0.191 e. The molecular formula is C16H35IN4O. The third kappa shape index (κ3) is 9.15. The lowest BCUT2D eigenvalue weighted by Crippen LogP contribution is -2.45. The molecule has 1 rings (SSSR count). The molecule has 6 heteroatoms. The van der Waals surface area contributed by atoms with Gasteiger partial charge in [0.15, 0.2) is 5.96 Å². The molecule has 132 valence electrons. The maximum atomic E-state index is 5.60. The highest BCUT2D eigenvalue weighted by Crippen LogP contribution is 2.15. The number of halogens is 1. The van der Waals surface area contributed by atoms with Crippen LogP contribution in [0.25, 0.3) is 0 Å². The zero-order chi connectivity index (χ0) is 15.5. The highest BCUT2D eigenvalue weighted by molar-refractivity contribution is 14.0. The van der Waals surface area contributed by atoms with Crippen molar-refractivity contribution in [1.82, 2.24) is 15.5 Å². The Morgan fingerprint density at radius 1 is 1.32 bits per heavy atom. The summed E-state index contributed by atoms with van der Waals surface area (Å²) in [5.41, 5.74) is 0. The molecule has 1 fully saturated rings. The number of hydrogen-bond acceptors (Lipinski definition) is 3. The van der Waals surface area contributed by atoms with Crippen molar-refractivity contribution in [2.24, 2.45) is 10.9 Å². The van der Waals surface area contributed by atoms with Crippen LogP contribution >= 0.6 is 24.0 Å². The second-order valence-corrected chi connectivity index (χ2v) is 6.10. The SMILES string of the molecule is CCN1CCCC1CNC(=NC)NCCOCCC(C)C.I. The van der Waals surface area contributed by atoms with E-state index in [9.17, 15) is 0 Å². The Morgan fingerprint density at radius 2 is 2.09 bits per heavy atom. The molecule has 0 amide bonds. The molecule has 0 aromatic rings. The maximum Gasteiger partial charge on any atom is 0.191 e. The van der Waals surface area contributed by atoms with Crippen molar-refractivity contribution in [2.45, 2.75) is 46.1 Å². The number of rotatable bonds is 9. The first-order chi connectivity index (χ1) is 10.2. The van der Waals surface area contributed by atoms with Crippen molar-refractivity contribution >= 4 is 29.9 Å². The Morgan fingerprint density at radius 3 is 2.73 bits per heavy atom. The van der Waals surface area contributed by atoms with E-state index in [1.807, 2.05) is 7.05 Å². The number of nitrogens with zero attached hydrogens (tertiary/aromatic N) is 2. The summed E-state index contributed by atoms with van der Waals surface area (Å²) in [6, 6.07) is 0.649. The molecule has 1 unspecified atom stereocenters. The third-order valence-electron chi connectivity index (χ3n) is 4.01. The summed E-state index contributed by atoms with van der Waals surface area (Å²) in [7, 11) is 1.82. The molecular weight excluding hydrogens is 391 g/mol. The van der Waals surface area contributed by atoms with Crippen LogP contribution in [0.2, 0.25) is 0 Å². The largest absolute Gasteiger partial charge is 0.380 e. The standard InChI is InChI=1S/C16H34N4O.HI/c1-5-20-10-6-7-15(20)13-19-16(17-4)18-9-12-21-11-8-14(2)3;/h14-15H,5-13H2,1-4H3,(H2,17,18,19);1H. The number of hydrogen-bond donors (Lipinski definition) is 2. The molecule has 2 N–H and O–H groups in total. The first-order valence-electron chi connectivity index (χ1n) is 8.43. The van der Waals surface area contributed by atoms with Crippen LogP contribution in [-0.2, 0) is 4.74 Å². The number of aliphatic imine (C=N–C) groups is 1. The van der Waals surface area contributed by atoms with Crippen molar-refractivity contribution < 1.29 is 4.74 Å². The topological polar surface area (TPSA) is 48.9 Å². The quantitative estimate of drug-likeness (QED) is 0.257. The van der Waals surface area contributed by atoms with Crippen LogP contribution in [0.3, 0.4) is 0 Å². The van der Waals surface area contributed by atoms with Crippen LogP contribution in [-0.4, -0.2) is 63.3 Å². The Balaban J connectivity index is 0.00000441. The highest BCUT2D eigenvalue weighted by Gasteiger charge is 2.22. The van der Waals surface area contributed by atoms with Gasteiger partial charge < -0.3 is 15.4 Å². The van der Waals surface area contributed by atoms with Crippen molar-refractivity contribution in [3.8, 4) is 0 Å². The van der Waals surface area contributed by atoms with Gasteiger partial charge in [-0.05, 0) is 38.3 Å².